The summed E-state index contributed by atoms with van der Waals surface area (Å²) < 4.78 is 0. The van der Waals surface area contributed by atoms with Crippen LogP contribution < -0.4 is 0 Å². The minimum Gasteiger partial charge on any atom is -0.290 e. The van der Waals surface area contributed by atoms with Crippen molar-refractivity contribution in [3.05, 3.63) is 95.3 Å². The van der Waals surface area contributed by atoms with Crippen molar-refractivity contribution in [3.8, 4) is 0 Å². The van der Waals surface area contributed by atoms with E-state index in [-0.39, 0.29) is 22.3 Å². The van der Waals surface area contributed by atoms with Crippen LogP contribution in [0.25, 0.3) is 0 Å². The van der Waals surface area contributed by atoms with Gasteiger partial charge >= 0.3 is 0 Å². The third kappa shape index (κ3) is 2.66. The molecule has 0 aromatic heterocycles. The van der Waals surface area contributed by atoms with E-state index in [9.17, 15) is 24.0 Å². The average Bonchev–Trinajstić information content (AvgIpc) is 3.10. The van der Waals surface area contributed by atoms with Crippen LogP contribution in [-0.4, -0.2) is 39.2 Å². The third-order valence-electron chi connectivity index (χ3n) is 4.43. The van der Waals surface area contributed by atoms with Gasteiger partial charge in [-0.3, -0.25) is 24.0 Å². The minimum absolute atomic E-state index is 0.270. The molecule has 7 heteroatoms. The van der Waals surface area contributed by atoms with E-state index in [1.165, 1.54) is 24.3 Å². The largest absolute Gasteiger partial charge is 0.290 e. The number of amides is 4. The highest BCUT2D eigenvalue weighted by Gasteiger charge is 2.34. The Morgan fingerprint density at radius 2 is 0.857 bits per heavy atom. The number of imide groups is 2. The number of hydrogen-bond acceptors (Lipinski definition) is 5. The van der Waals surface area contributed by atoms with Crippen molar-refractivity contribution in [1.29, 1.82) is 0 Å². The topological polar surface area (TPSA) is 91.8 Å². The summed E-state index contributed by atoms with van der Waals surface area (Å²) in [5, 5.41) is 0. The van der Waals surface area contributed by atoms with Crippen molar-refractivity contribution in [2.45, 2.75) is 0 Å². The molecule has 2 aromatic carbocycles. The Morgan fingerprint density at radius 1 is 0.571 bits per heavy atom. The van der Waals surface area contributed by atoms with Gasteiger partial charge in [-0.05, 0) is 24.3 Å². The summed E-state index contributed by atoms with van der Waals surface area (Å²) in [6.45, 7) is 0. The van der Waals surface area contributed by atoms with Crippen LogP contribution in [-0.2, 0) is 4.79 Å². The van der Waals surface area contributed by atoms with Gasteiger partial charge in [0.25, 0.3) is 23.6 Å². The van der Waals surface area contributed by atoms with Crippen LogP contribution in [0.15, 0.2) is 73.1 Å². The zero-order chi connectivity index (χ0) is 19.8. The average molecular weight is 372 g/mol. The van der Waals surface area contributed by atoms with E-state index in [0.717, 1.165) is 34.4 Å². The molecule has 0 bridgehead atoms. The quantitative estimate of drug-likeness (QED) is 0.606. The number of nitrogens with zero attached hydrogens (tertiary/aromatic N) is 2. The molecule has 0 atom stereocenters. The van der Waals surface area contributed by atoms with Crippen molar-refractivity contribution in [1.82, 2.24) is 9.80 Å². The predicted molar refractivity (Wildman–Crippen MR) is 97.2 cm³/mol. The van der Waals surface area contributed by atoms with E-state index >= 15 is 0 Å². The molecule has 0 radical (unpaired) electrons. The van der Waals surface area contributed by atoms with Gasteiger partial charge in [-0.15, -0.1) is 0 Å². The Morgan fingerprint density at radius 3 is 1.14 bits per heavy atom. The zero-order valence-corrected chi connectivity index (χ0v) is 14.4. The molecular weight excluding hydrogens is 360 g/mol. The highest BCUT2D eigenvalue weighted by atomic mass is 16.2. The van der Waals surface area contributed by atoms with Crippen LogP contribution in [0.3, 0.4) is 0 Å². The van der Waals surface area contributed by atoms with Gasteiger partial charge in [0.15, 0.2) is 5.78 Å². The number of rotatable bonds is 4. The fourth-order valence-electron chi connectivity index (χ4n) is 3.04. The molecule has 0 unspecified atom stereocenters. The van der Waals surface area contributed by atoms with E-state index < -0.39 is 29.4 Å². The fourth-order valence-corrected chi connectivity index (χ4v) is 3.04. The second kappa shape index (κ2) is 6.55. The minimum atomic E-state index is -0.590. The Balaban J connectivity index is 1.47. The lowest BCUT2D eigenvalue weighted by molar-refractivity contribution is -0.110. The molecule has 0 fully saturated rings. The molecule has 0 spiro atoms. The van der Waals surface area contributed by atoms with Crippen LogP contribution in [0.2, 0.25) is 0 Å². The van der Waals surface area contributed by atoms with Crippen molar-refractivity contribution in [2.24, 2.45) is 0 Å². The molecule has 2 heterocycles. The van der Waals surface area contributed by atoms with E-state index in [4.69, 9.17) is 0 Å². The molecule has 2 aromatic rings. The Hall–Kier alpha value is -4.13. The molecule has 2 aliphatic heterocycles. The first kappa shape index (κ1) is 17.3. The number of benzene rings is 2. The molecule has 4 amide bonds. The van der Waals surface area contributed by atoms with Crippen molar-refractivity contribution in [3.63, 3.8) is 0 Å². The molecule has 7 nitrogen and oxygen atoms in total. The second-order valence-corrected chi connectivity index (χ2v) is 6.09. The van der Waals surface area contributed by atoms with Gasteiger partial charge in [0.05, 0.1) is 22.3 Å². The Labute approximate surface area is 159 Å². The van der Waals surface area contributed by atoms with Crippen LogP contribution in [0.5, 0.6) is 0 Å². The van der Waals surface area contributed by atoms with E-state index in [1.807, 2.05) is 0 Å². The van der Waals surface area contributed by atoms with Crippen LogP contribution >= 0.6 is 0 Å². The van der Waals surface area contributed by atoms with E-state index in [0.29, 0.717) is 0 Å². The first-order chi connectivity index (χ1) is 13.5. The number of carbonyl (C=O) groups is 5. The maximum absolute atomic E-state index is 12.2. The molecular formula is C21H12N2O5. The van der Waals surface area contributed by atoms with Crippen molar-refractivity contribution < 1.29 is 24.0 Å². The van der Waals surface area contributed by atoms with Gasteiger partial charge in [-0.1, -0.05) is 24.3 Å². The molecule has 28 heavy (non-hydrogen) atoms. The predicted octanol–water partition coefficient (Wildman–Crippen LogP) is 2.18. The molecule has 136 valence electrons. The van der Waals surface area contributed by atoms with Crippen LogP contribution in [0.4, 0.5) is 0 Å². The summed E-state index contributed by atoms with van der Waals surface area (Å²) in [6.07, 6.45) is 4.21. The fraction of sp³-hybridized carbons (Fsp3) is 0. The molecule has 0 aliphatic carbocycles. The van der Waals surface area contributed by atoms with Crippen LogP contribution in [0, 0.1) is 0 Å². The SMILES string of the molecule is O=C(C=CN1C(=O)c2ccccc2C1=O)C=CN1C(=O)c2ccccc2C1=O. The second-order valence-electron chi connectivity index (χ2n) is 6.09. The first-order valence-electron chi connectivity index (χ1n) is 8.33. The molecule has 0 saturated heterocycles. The lowest BCUT2D eigenvalue weighted by Crippen LogP contribution is -2.24. The summed E-state index contributed by atoms with van der Waals surface area (Å²) in [5.41, 5.74) is 1.08. The maximum atomic E-state index is 12.2. The summed E-state index contributed by atoms with van der Waals surface area (Å²) in [7, 11) is 0. The summed E-state index contributed by atoms with van der Waals surface area (Å²) >= 11 is 0. The van der Waals surface area contributed by atoms with Gasteiger partial charge in [-0.2, -0.15) is 0 Å². The maximum Gasteiger partial charge on any atom is 0.265 e. The first-order valence-corrected chi connectivity index (χ1v) is 8.33. The lowest BCUT2D eigenvalue weighted by atomic mass is 10.1. The molecule has 2 aliphatic rings. The monoisotopic (exact) mass is 372 g/mol. The summed E-state index contributed by atoms with van der Waals surface area (Å²) in [4.78, 5) is 62.7. The van der Waals surface area contributed by atoms with Gasteiger partial charge in [0, 0.05) is 24.6 Å². The molecule has 4 rings (SSSR count). The Kier molecular flexibility index (Phi) is 4.04. The van der Waals surface area contributed by atoms with Crippen molar-refractivity contribution in [2.75, 3.05) is 0 Å². The van der Waals surface area contributed by atoms with E-state index in [1.54, 1.807) is 24.3 Å². The highest BCUT2D eigenvalue weighted by molar-refractivity contribution is 6.23. The summed E-state index contributed by atoms with van der Waals surface area (Å²) in [6, 6.07) is 12.7. The van der Waals surface area contributed by atoms with Gasteiger partial charge in [0.1, 0.15) is 0 Å². The number of fused-ring (bicyclic) bond motifs is 2. The lowest BCUT2D eigenvalue weighted by Gasteiger charge is -2.07. The smallest absolute Gasteiger partial charge is 0.265 e. The highest BCUT2D eigenvalue weighted by Crippen LogP contribution is 2.23. The Bertz CT molecular complexity index is 972. The molecule has 0 N–H and O–H groups in total. The molecule has 0 saturated carbocycles. The van der Waals surface area contributed by atoms with Gasteiger partial charge in [-0.25, -0.2) is 9.80 Å². The standard InChI is InChI=1S/C21H12N2O5/c24-13(9-11-22-18(25)14-5-1-2-6-15(14)19(22)26)10-12-23-20(27)16-7-3-4-8-17(16)21(23)28/h1-12H. The normalized spacial score (nSPS) is 15.9. The zero-order valence-electron chi connectivity index (χ0n) is 14.4. The van der Waals surface area contributed by atoms with Crippen molar-refractivity contribution >= 4 is 29.4 Å². The van der Waals surface area contributed by atoms with E-state index in [2.05, 4.69) is 0 Å². The van der Waals surface area contributed by atoms with Crippen LogP contribution in [0.1, 0.15) is 41.4 Å². The number of allylic oxidation sites excluding steroid dienone is 2. The van der Waals surface area contributed by atoms with Gasteiger partial charge < -0.3 is 0 Å². The van der Waals surface area contributed by atoms with Gasteiger partial charge in [0.2, 0.25) is 0 Å². The number of ketones is 1. The number of hydrogen-bond donors (Lipinski definition) is 0. The number of carbonyl (C=O) groups excluding carboxylic acids is 5. The third-order valence-corrected chi connectivity index (χ3v) is 4.43. The summed E-state index contributed by atoms with van der Waals surface area (Å²) in [5.74, 6) is -2.67.